The van der Waals surface area contributed by atoms with Gasteiger partial charge in [-0.15, -0.1) is 0 Å². The number of carbonyl (C=O) groups is 1. The van der Waals surface area contributed by atoms with Crippen LogP contribution in [0.5, 0.6) is 0 Å². The third-order valence-electron chi connectivity index (χ3n) is 2.51. The molecule has 0 radical (unpaired) electrons. The normalized spacial score (nSPS) is 19.7. The highest BCUT2D eigenvalue weighted by Crippen LogP contribution is 2.26. The number of nitrogens with two attached hydrogens (primary N) is 1. The van der Waals surface area contributed by atoms with Crippen molar-refractivity contribution in [1.82, 2.24) is 5.43 Å². The Morgan fingerprint density at radius 3 is 2.27 bits per heavy atom. The summed E-state index contributed by atoms with van der Waals surface area (Å²) in [5, 5.41) is 0. The molecular formula is C9H16F2N2O2. The van der Waals surface area contributed by atoms with Gasteiger partial charge in [0.25, 0.3) is 0 Å². The van der Waals surface area contributed by atoms with Crippen LogP contribution < -0.4 is 11.3 Å². The molecule has 4 nitrogen and oxygen atoms in total. The average molecular weight is 222 g/mol. The Labute approximate surface area is 87.1 Å². The summed E-state index contributed by atoms with van der Waals surface area (Å²) in [5.41, 5.74) is 1.40. The molecule has 1 aliphatic carbocycles. The average Bonchev–Trinajstić information content (AvgIpc) is 2.44. The molecule has 0 spiro atoms. The fourth-order valence-electron chi connectivity index (χ4n) is 1.71. The lowest BCUT2D eigenvalue weighted by molar-refractivity contribution is -0.251. The van der Waals surface area contributed by atoms with Crippen LogP contribution >= 0.6 is 0 Å². The zero-order chi connectivity index (χ0) is 11.3. The standard InChI is InChI=1S/C9H16F2N2O2/c10-9(11,8(14)13-12)15-7-5-3-1-2-4-6-7/h7H,1-6,12H2,(H,13,14). The number of hydrazine groups is 1. The van der Waals surface area contributed by atoms with Crippen LogP contribution in [0.15, 0.2) is 0 Å². The number of hydrogen-bond donors (Lipinski definition) is 2. The SMILES string of the molecule is NNC(=O)C(F)(F)OC1CCCCCC1. The Kier molecular flexibility index (Phi) is 4.41. The van der Waals surface area contributed by atoms with E-state index >= 15 is 0 Å². The summed E-state index contributed by atoms with van der Waals surface area (Å²) in [6, 6.07) is 0. The summed E-state index contributed by atoms with van der Waals surface area (Å²) in [6.45, 7) is 0. The van der Waals surface area contributed by atoms with Crippen LogP contribution in [0.2, 0.25) is 0 Å². The Hall–Kier alpha value is -0.750. The number of halogens is 2. The first-order valence-electron chi connectivity index (χ1n) is 5.13. The van der Waals surface area contributed by atoms with Crippen LogP contribution in [-0.2, 0) is 9.53 Å². The van der Waals surface area contributed by atoms with E-state index in [1.54, 1.807) is 0 Å². The Morgan fingerprint density at radius 1 is 1.27 bits per heavy atom. The van der Waals surface area contributed by atoms with Crippen molar-refractivity contribution in [1.29, 1.82) is 0 Å². The maximum atomic E-state index is 13.0. The van der Waals surface area contributed by atoms with E-state index in [1.165, 1.54) is 5.43 Å². The summed E-state index contributed by atoms with van der Waals surface area (Å²) in [4.78, 5) is 10.7. The van der Waals surface area contributed by atoms with Gasteiger partial charge in [-0.3, -0.25) is 10.2 Å². The number of alkyl halides is 2. The smallest absolute Gasteiger partial charge is 0.309 e. The van der Waals surface area contributed by atoms with Crippen molar-refractivity contribution >= 4 is 5.91 Å². The highest BCUT2D eigenvalue weighted by molar-refractivity contribution is 5.81. The van der Waals surface area contributed by atoms with E-state index in [4.69, 9.17) is 0 Å². The molecule has 3 N–H and O–H groups in total. The Morgan fingerprint density at radius 2 is 1.80 bits per heavy atom. The fourth-order valence-corrected chi connectivity index (χ4v) is 1.71. The van der Waals surface area contributed by atoms with E-state index in [1.807, 2.05) is 0 Å². The van der Waals surface area contributed by atoms with Crippen LogP contribution in [0, 0.1) is 0 Å². The molecule has 0 heterocycles. The summed E-state index contributed by atoms with van der Waals surface area (Å²) in [6.07, 6.45) is 0.601. The van der Waals surface area contributed by atoms with E-state index in [2.05, 4.69) is 10.6 Å². The van der Waals surface area contributed by atoms with Gasteiger partial charge in [-0.2, -0.15) is 8.78 Å². The first-order valence-corrected chi connectivity index (χ1v) is 5.13. The van der Waals surface area contributed by atoms with Gasteiger partial charge in [-0.25, -0.2) is 5.84 Å². The molecule has 88 valence electrons. The van der Waals surface area contributed by atoms with Gasteiger partial charge in [0.15, 0.2) is 0 Å². The predicted octanol–water partition coefficient (Wildman–Crippen LogP) is 1.31. The number of rotatable bonds is 3. The molecule has 1 aliphatic rings. The third-order valence-corrected chi connectivity index (χ3v) is 2.51. The summed E-state index contributed by atoms with van der Waals surface area (Å²) in [7, 11) is 0. The monoisotopic (exact) mass is 222 g/mol. The number of ether oxygens (including phenoxy) is 1. The Balaban J connectivity index is 2.47. The number of hydrogen-bond acceptors (Lipinski definition) is 3. The summed E-state index contributed by atoms with van der Waals surface area (Å²) in [5.74, 6) is 3.04. The molecule has 1 amide bonds. The highest BCUT2D eigenvalue weighted by atomic mass is 19.3. The topological polar surface area (TPSA) is 64.3 Å². The quantitative estimate of drug-likeness (QED) is 0.327. The predicted molar refractivity (Wildman–Crippen MR) is 49.9 cm³/mol. The van der Waals surface area contributed by atoms with Gasteiger partial charge in [0, 0.05) is 0 Å². The lowest BCUT2D eigenvalue weighted by Gasteiger charge is -2.21. The minimum atomic E-state index is -3.82. The van der Waals surface area contributed by atoms with Crippen LogP contribution in [-0.4, -0.2) is 18.1 Å². The van der Waals surface area contributed by atoms with Gasteiger partial charge in [0.2, 0.25) is 0 Å². The first-order chi connectivity index (χ1) is 7.06. The molecule has 0 aromatic heterocycles. The van der Waals surface area contributed by atoms with Crippen molar-refractivity contribution in [2.24, 2.45) is 5.84 Å². The number of amides is 1. The lowest BCUT2D eigenvalue weighted by Crippen LogP contribution is -2.47. The second-order valence-electron chi connectivity index (χ2n) is 3.72. The Bertz CT molecular complexity index is 216. The minimum Gasteiger partial charge on any atom is -0.309 e. The maximum absolute atomic E-state index is 13.0. The molecule has 0 atom stereocenters. The molecule has 0 unspecified atom stereocenters. The highest BCUT2D eigenvalue weighted by Gasteiger charge is 2.42. The van der Waals surface area contributed by atoms with Crippen LogP contribution in [0.3, 0.4) is 0 Å². The third kappa shape index (κ3) is 3.71. The minimum absolute atomic E-state index is 0.542. The maximum Gasteiger partial charge on any atom is 0.438 e. The number of carbonyl (C=O) groups excluding carboxylic acids is 1. The van der Waals surface area contributed by atoms with Crippen molar-refractivity contribution in [2.45, 2.75) is 50.7 Å². The van der Waals surface area contributed by atoms with Gasteiger partial charge in [-0.05, 0) is 12.8 Å². The fraction of sp³-hybridized carbons (Fsp3) is 0.889. The van der Waals surface area contributed by atoms with Gasteiger partial charge >= 0.3 is 12.0 Å². The molecular weight excluding hydrogens is 206 g/mol. The van der Waals surface area contributed by atoms with Crippen molar-refractivity contribution < 1.29 is 18.3 Å². The van der Waals surface area contributed by atoms with Crippen molar-refractivity contribution in [3.8, 4) is 0 Å². The van der Waals surface area contributed by atoms with Crippen LogP contribution in [0.1, 0.15) is 38.5 Å². The molecule has 1 saturated carbocycles. The summed E-state index contributed by atoms with van der Waals surface area (Å²) >= 11 is 0. The van der Waals surface area contributed by atoms with Crippen molar-refractivity contribution in [3.05, 3.63) is 0 Å². The second kappa shape index (κ2) is 5.37. The molecule has 0 aromatic rings. The molecule has 0 saturated heterocycles. The van der Waals surface area contributed by atoms with Gasteiger partial charge in [0.05, 0.1) is 6.10 Å². The number of nitrogens with one attached hydrogen (secondary N) is 1. The van der Waals surface area contributed by atoms with Crippen molar-refractivity contribution in [3.63, 3.8) is 0 Å². The molecule has 0 aliphatic heterocycles. The van der Waals surface area contributed by atoms with E-state index < -0.39 is 18.1 Å². The van der Waals surface area contributed by atoms with Gasteiger partial charge in [-0.1, -0.05) is 25.7 Å². The molecule has 15 heavy (non-hydrogen) atoms. The van der Waals surface area contributed by atoms with Gasteiger partial charge < -0.3 is 4.74 Å². The lowest BCUT2D eigenvalue weighted by atomic mass is 10.1. The van der Waals surface area contributed by atoms with Crippen molar-refractivity contribution in [2.75, 3.05) is 0 Å². The van der Waals surface area contributed by atoms with E-state index in [0.717, 1.165) is 25.7 Å². The molecule has 0 bridgehead atoms. The molecule has 1 fully saturated rings. The molecule has 1 rings (SSSR count). The largest absolute Gasteiger partial charge is 0.438 e. The zero-order valence-corrected chi connectivity index (χ0v) is 8.47. The van der Waals surface area contributed by atoms with Crippen LogP contribution in [0.4, 0.5) is 8.78 Å². The van der Waals surface area contributed by atoms with E-state index in [0.29, 0.717) is 12.8 Å². The second-order valence-corrected chi connectivity index (χ2v) is 3.72. The zero-order valence-electron chi connectivity index (χ0n) is 8.47. The summed E-state index contributed by atoms with van der Waals surface area (Å²) < 4.78 is 30.5. The molecule has 6 heteroatoms. The van der Waals surface area contributed by atoms with Crippen LogP contribution in [0.25, 0.3) is 0 Å². The van der Waals surface area contributed by atoms with Gasteiger partial charge in [0.1, 0.15) is 0 Å². The molecule has 0 aromatic carbocycles. The first kappa shape index (κ1) is 12.3. The van der Waals surface area contributed by atoms with E-state index in [-0.39, 0.29) is 0 Å². The van der Waals surface area contributed by atoms with E-state index in [9.17, 15) is 13.6 Å².